The number of aromatic nitrogens is 2. The van der Waals surface area contributed by atoms with Gasteiger partial charge in [0.2, 0.25) is 0 Å². The largest absolute Gasteiger partial charge is 0.393 e. The van der Waals surface area contributed by atoms with E-state index in [1.165, 1.54) is 17.5 Å². The first-order valence-corrected chi connectivity index (χ1v) is 10.5. The van der Waals surface area contributed by atoms with Gasteiger partial charge in [-0.1, -0.05) is 29.8 Å². The van der Waals surface area contributed by atoms with Crippen LogP contribution in [0.2, 0.25) is 0 Å². The maximum absolute atomic E-state index is 12.7. The molecule has 0 unspecified atom stereocenters. The van der Waals surface area contributed by atoms with Crippen molar-refractivity contribution in [1.82, 2.24) is 14.9 Å². The minimum absolute atomic E-state index is 0.258. The first-order chi connectivity index (χ1) is 13.9. The van der Waals surface area contributed by atoms with Crippen molar-refractivity contribution in [2.45, 2.75) is 44.9 Å². The van der Waals surface area contributed by atoms with Crippen LogP contribution in [0.5, 0.6) is 0 Å². The maximum atomic E-state index is 12.7. The number of alkyl halides is 3. The Morgan fingerprint density at radius 2 is 1.86 bits per heavy atom. The van der Waals surface area contributed by atoms with E-state index in [0.29, 0.717) is 16.0 Å². The van der Waals surface area contributed by atoms with Gasteiger partial charge in [0.1, 0.15) is 17.0 Å². The highest BCUT2D eigenvalue weighted by atomic mass is 32.1. The lowest BCUT2D eigenvalue weighted by molar-refractivity contribution is -0.126. The molecule has 0 aliphatic carbocycles. The Hall–Kier alpha value is -2.19. The van der Waals surface area contributed by atoms with Crippen LogP contribution in [0.1, 0.15) is 28.8 Å². The zero-order chi connectivity index (χ0) is 20.4. The number of anilines is 1. The van der Waals surface area contributed by atoms with E-state index >= 15 is 0 Å². The molecule has 4 nitrogen and oxygen atoms in total. The molecule has 0 radical (unpaired) electrons. The number of hydrogen-bond acceptors (Lipinski definition) is 5. The van der Waals surface area contributed by atoms with E-state index in [1.807, 2.05) is 0 Å². The lowest BCUT2D eigenvalue weighted by Crippen LogP contribution is -2.38. The van der Waals surface area contributed by atoms with Crippen LogP contribution in [0.25, 0.3) is 10.2 Å². The average molecular weight is 421 g/mol. The summed E-state index contributed by atoms with van der Waals surface area (Å²) >= 11 is 1.08. The minimum Gasteiger partial charge on any atom is -0.367 e. The summed E-state index contributed by atoms with van der Waals surface area (Å²) in [6, 6.07) is 10.4. The summed E-state index contributed by atoms with van der Waals surface area (Å²) < 4.78 is 38.1. The van der Waals surface area contributed by atoms with E-state index in [0.717, 1.165) is 43.8 Å². The van der Waals surface area contributed by atoms with Gasteiger partial charge in [-0.05, 0) is 31.4 Å². The van der Waals surface area contributed by atoms with Gasteiger partial charge in [-0.25, -0.2) is 9.97 Å². The monoisotopic (exact) mass is 420 g/mol. The quantitative estimate of drug-likeness (QED) is 0.617. The highest BCUT2D eigenvalue weighted by Gasteiger charge is 2.29. The molecule has 3 heterocycles. The maximum Gasteiger partial charge on any atom is 0.393 e. The molecule has 0 saturated carbocycles. The van der Waals surface area contributed by atoms with Crippen LogP contribution in [-0.2, 0) is 13.0 Å². The van der Waals surface area contributed by atoms with Crippen LogP contribution in [0, 0.1) is 6.92 Å². The molecule has 0 atom stereocenters. The standard InChI is InChI=1S/C21H23F3N4S/c1-14-2-4-15(5-3-14)12-28-8-6-16(7-9-28)27-19-18-10-17(11-21(22,23)24)29-20(18)26-13-25-19/h2-5,10,13,16H,6-9,11-12H2,1H3,(H,25,26,27). The number of halogens is 3. The molecule has 29 heavy (non-hydrogen) atoms. The van der Waals surface area contributed by atoms with Gasteiger partial charge in [-0.3, -0.25) is 4.90 Å². The predicted molar refractivity (Wildman–Crippen MR) is 110 cm³/mol. The summed E-state index contributed by atoms with van der Waals surface area (Å²) in [6.07, 6.45) is -1.78. The van der Waals surface area contributed by atoms with Crippen molar-refractivity contribution in [2.75, 3.05) is 18.4 Å². The van der Waals surface area contributed by atoms with Crippen molar-refractivity contribution in [1.29, 1.82) is 0 Å². The van der Waals surface area contributed by atoms with E-state index in [4.69, 9.17) is 0 Å². The molecule has 0 bridgehead atoms. The molecule has 1 N–H and O–H groups in total. The second kappa shape index (κ2) is 8.28. The predicted octanol–water partition coefficient (Wildman–Crippen LogP) is 5.18. The van der Waals surface area contributed by atoms with Crippen molar-refractivity contribution in [3.05, 3.63) is 52.7 Å². The Kier molecular flexibility index (Phi) is 5.74. The summed E-state index contributed by atoms with van der Waals surface area (Å²) in [6.45, 7) is 4.98. The molecule has 1 fully saturated rings. The third kappa shape index (κ3) is 5.25. The lowest BCUT2D eigenvalue weighted by Gasteiger charge is -2.32. The molecule has 3 aromatic rings. The van der Waals surface area contributed by atoms with Gasteiger partial charge in [0, 0.05) is 30.6 Å². The number of piperidine rings is 1. The van der Waals surface area contributed by atoms with E-state index in [-0.39, 0.29) is 10.9 Å². The summed E-state index contributed by atoms with van der Waals surface area (Å²) in [4.78, 5) is 11.7. The normalized spacial score (nSPS) is 16.4. The zero-order valence-electron chi connectivity index (χ0n) is 16.2. The van der Waals surface area contributed by atoms with Crippen molar-refractivity contribution in [3.63, 3.8) is 0 Å². The summed E-state index contributed by atoms with van der Waals surface area (Å²) in [5.41, 5.74) is 2.58. The van der Waals surface area contributed by atoms with Crippen LogP contribution in [0.15, 0.2) is 36.7 Å². The van der Waals surface area contributed by atoms with Crippen molar-refractivity contribution < 1.29 is 13.2 Å². The number of rotatable bonds is 5. The third-order valence-corrected chi connectivity index (χ3v) is 6.25. The first-order valence-electron chi connectivity index (χ1n) is 9.70. The third-order valence-electron chi connectivity index (χ3n) is 5.21. The van der Waals surface area contributed by atoms with Gasteiger partial charge in [-0.15, -0.1) is 11.3 Å². The SMILES string of the molecule is Cc1ccc(CN2CCC(Nc3ncnc4sc(CC(F)(F)F)cc34)CC2)cc1. The molecule has 0 spiro atoms. The number of nitrogens with zero attached hydrogens (tertiary/aromatic N) is 3. The van der Waals surface area contributed by atoms with Gasteiger partial charge >= 0.3 is 6.18 Å². The molecule has 1 aromatic carbocycles. The second-order valence-corrected chi connectivity index (χ2v) is 8.74. The fourth-order valence-corrected chi connectivity index (χ4v) is 4.71. The Balaban J connectivity index is 1.37. The molecule has 4 rings (SSSR count). The van der Waals surface area contributed by atoms with Crippen LogP contribution < -0.4 is 5.32 Å². The Morgan fingerprint density at radius 1 is 1.14 bits per heavy atom. The molecule has 8 heteroatoms. The fourth-order valence-electron chi connectivity index (χ4n) is 3.69. The molecule has 1 aliphatic rings. The lowest BCUT2D eigenvalue weighted by atomic mass is 10.0. The summed E-state index contributed by atoms with van der Waals surface area (Å²) in [7, 11) is 0. The van der Waals surface area contributed by atoms with Gasteiger partial charge in [-0.2, -0.15) is 13.2 Å². The van der Waals surface area contributed by atoms with Crippen LogP contribution in [0.4, 0.5) is 19.0 Å². The van der Waals surface area contributed by atoms with Gasteiger partial charge < -0.3 is 5.32 Å². The fraction of sp³-hybridized carbons (Fsp3) is 0.429. The van der Waals surface area contributed by atoms with Gasteiger partial charge in [0.25, 0.3) is 0 Å². The molecular formula is C21H23F3N4S. The van der Waals surface area contributed by atoms with Gasteiger partial charge in [0.15, 0.2) is 0 Å². The van der Waals surface area contributed by atoms with E-state index in [9.17, 15) is 13.2 Å². The number of fused-ring (bicyclic) bond motifs is 1. The molecule has 1 aliphatic heterocycles. The minimum atomic E-state index is -4.22. The van der Waals surface area contributed by atoms with E-state index < -0.39 is 12.6 Å². The van der Waals surface area contributed by atoms with Crippen LogP contribution in [0.3, 0.4) is 0 Å². The highest BCUT2D eigenvalue weighted by molar-refractivity contribution is 7.18. The smallest absolute Gasteiger partial charge is 0.367 e. The number of hydrogen-bond donors (Lipinski definition) is 1. The van der Waals surface area contributed by atoms with E-state index in [1.54, 1.807) is 6.07 Å². The second-order valence-electron chi connectivity index (χ2n) is 7.63. The Bertz CT molecular complexity index is 960. The topological polar surface area (TPSA) is 41.0 Å². The summed E-state index contributed by atoms with van der Waals surface area (Å²) in [5, 5.41) is 4.12. The molecule has 0 amide bonds. The van der Waals surface area contributed by atoms with E-state index in [2.05, 4.69) is 51.4 Å². The zero-order valence-corrected chi connectivity index (χ0v) is 17.0. The summed E-state index contributed by atoms with van der Waals surface area (Å²) in [5.74, 6) is 0.636. The average Bonchev–Trinajstić information content (AvgIpc) is 3.07. The van der Waals surface area contributed by atoms with Crippen molar-refractivity contribution in [3.8, 4) is 0 Å². The molecular weight excluding hydrogens is 397 g/mol. The number of aryl methyl sites for hydroxylation is 1. The first kappa shape index (κ1) is 20.1. The van der Waals surface area contributed by atoms with Crippen molar-refractivity contribution in [2.24, 2.45) is 0 Å². The van der Waals surface area contributed by atoms with Crippen LogP contribution in [-0.4, -0.2) is 40.2 Å². The molecule has 1 saturated heterocycles. The van der Waals surface area contributed by atoms with Crippen molar-refractivity contribution >= 4 is 27.4 Å². The number of likely N-dealkylation sites (tertiary alicyclic amines) is 1. The van der Waals surface area contributed by atoms with Crippen LogP contribution >= 0.6 is 11.3 Å². The Morgan fingerprint density at radius 3 is 2.55 bits per heavy atom. The Labute approximate surface area is 171 Å². The molecule has 154 valence electrons. The molecule has 2 aromatic heterocycles. The highest BCUT2D eigenvalue weighted by Crippen LogP contribution is 2.33. The van der Waals surface area contributed by atoms with Gasteiger partial charge in [0.05, 0.1) is 11.8 Å². The number of nitrogens with one attached hydrogen (secondary N) is 1. The number of thiophene rings is 1. The number of benzene rings is 1.